The SMILES string of the molecule is CC(C)CC(=O)N1CCC(Cc2noc(C3CC3)n2)C1. The van der Waals surface area contributed by atoms with Gasteiger partial charge in [-0.1, -0.05) is 19.0 Å². The van der Waals surface area contributed by atoms with E-state index in [2.05, 4.69) is 24.0 Å². The second-order valence-electron chi connectivity index (χ2n) is 6.62. The zero-order valence-corrected chi connectivity index (χ0v) is 12.3. The molecule has 3 rings (SSSR count). The monoisotopic (exact) mass is 277 g/mol. The van der Waals surface area contributed by atoms with E-state index >= 15 is 0 Å². The molecule has 0 radical (unpaired) electrons. The Morgan fingerprint density at radius 1 is 1.40 bits per heavy atom. The van der Waals surface area contributed by atoms with Gasteiger partial charge < -0.3 is 9.42 Å². The van der Waals surface area contributed by atoms with Gasteiger partial charge in [0.05, 0.1) is 0 Å². The highest BCUT2D eigenvalue weighted by Gasteiger charge is 2.31. The number of hydrogen-bond donors (Lipinski definition) is 0. The first-order valence-corrected chi connectivity index (χ1v) is 7.72. The van der Waals surface area contributed by atoms with Gasteiger partial charge in [0, 0.05) is 31.8 Å². The normalized spacial score (nSPS) is 22.8. The van der Waals surface area contributed by atoms with E-state index in [4.69, 9.17) is 4.52 Å². The predicted molar refractivity (Wildman–Crippen MR) is 74.1 cm³/mol. The van der Waals surface area contributed by atoms with Crippen LogP contribution in [0.5, 0.6) is 0 Å². The molecule has 2 heterocycles. The Morgan fingerprint density at radius 2 is 2.20 bits per heavy atom. The van der Waals surface area contributed by atoms with Crippen LogP contribution in [0.25, 0.3) is 0 Å². The number of nitrogens with zero attached hydrogens (tertiary/aromatic N) is 3. The molecule has 0 aromatic carbocycles. The summed E-state index contributed by atoms with van der Waals surface area (Å²) >= 11 is 0. The molecule has 1 aromatic rings. The zero-order chi connectivity index (χ0) is 14.1. The fourth-order valence-electron chi connectivity index (χ4n) is 2.81. The first kappa shape index (κ1) is 13.6. The van der Waals surface area contributed by atoms with E-state index in [0.717, 1.165) is 37.6 Å². The Balaban J connectivity index is 1.50. The molecular formula is C15H23N3O2. The smallest absolute Gasteiger partial charge is 0.229 e. The van der Waals surface area contributed by atoms with Crippen LogP contribution in [0.2, 0.25) is 0 Å². The predicted octanol–water partition coefficient (Wildman–Crippen LogP) is 2.38. The minimum atomic E-state index is 0.286. The molecule has 1 unspecified atom stereocenters. The third-order valence-corrected chi connectivity index (χ3v) is 4.10. The number of rotatable bonds is 5. The van der Waals surface area contributed by atoms with Crippen molar-refractivity contribution in [1.82, 2.24) is 15.0 Å². The van der Waals surface area contributed by atoms with Crippen molar-refractivity contribution in [3.05, 3.63) is 11.7 Å². The minimum Gasteiger partial charge on any atom is -0.342 e. The van der Waals surface area contributed by atoms with Crippen LogP contribution in [0.1, 0.15) is 57.2 Å². The summed E-state index contributed by atoms with van der Waals surface area (Å²) in [6, 6.07) is 0. The molecular weight excluding hydrogens is 254 g/mol. The van der Waals surface area contributed by atoms with Crippen molar-refractivity contribution in [2.24, 2.45) is 11.8 Å². The second kappa shape index (κ2) is 5.54. The van der Waals surface area contributed by atoms with E-state index in [1.165, 1.54) is 12.8 Å². The molecule has 1 saturated carbocycles. The lowest BCUT2D eigenvalue weighted by Gasteiger charge is -2.17. The van der Waals surface area contributed by atoms with Crippen LogP contribution >= 0.6 is 0 Å². The zero-order valence-electron chi connectivity index (χ0n) is 12.3. The topological polar surface area (TPSA) is 59.2 Å². The lowest BCUT2D eigenvalue weighted by Crippen LogP contribution is -2.29. The van der Waals surface area contributed by atoms with Crippen LogP contribution in [0.4, 0.5) is 0 Å². The van der Waals surface area contributed by atoms with E-state index in [1.54, 1.807) is 0 Å². The van der Waals surface area contributed by atoms with Gasteiger partial charge in [0.1, 0.15) is 0 Å². The molecule has 5 nitrogen and oxygen atoms in total. The van der Waals surface area contributed by atoms with Gasteiger partial charge in [-0.3, -0.25) is 4.79 Å². The number of likely N-dealkylation sites (tertiary alicyclic amines) is 1. The molecule has 1 atom stereocenters. The van der Waals surface area contributed by atoms with E-state index in [1.807, 2.05) is 4.90 Å². The van der Waals surface area contributed by atoms with Gasteiger partial charge in [0.2, 0.25) is 11.8 Å². The maximum absolute atomic E-state index is 12.0. The van der Waals surface area contributed by atoms with Gasteiger partial charge in [-0.05, 0) is 31.1 Å². The van der Waals surface area contributed by atoms with Crippen LogP contribution < -0.4 is 0 Å². The average molecular weight is 277 g/mol. The highest BCUT2D eigenvalue weighted by molar-refractivity contribution is 5.76. The van der Waals surface area contributed by atoms with Gasteiger partial charge in [-0.15, -0.1) is 0 Å². The summed E-state index contributed by atoms with van der Waals surface area (Å²) in [6.45, 7) is 5.90. The third kappa shape index (κ3) is 3.19. The van der Waals surface area contributed by atoms with E-state index in [0.29, 0.717) is 24.2 Å². The van der Waals surface area contributed by atoms with Crippen molar-refractivity contribution in [2.75, 3.05) is 13.1 Å². The lowest BCUT2D eigenvalue weighted by molar-refractivity contribution is -0.131. The molecule has 0 bridgehead atoms. The maximum Gasteiger partial charge on any atom is 0.229 e. The molecule has 110 valence electrons. The quantitative estimate of drug-likeness (QED) is 0.829. The van der Waals surface area contributed by atoms with Gasteiger partial charge in [-0.2, -0.15) is 4.98 Å². The van der Waals surface area contributed by atoms with E-state index in [9.17, 15) is 4.79 Å². The fraction of sp³-hybridized carbons (Fsp3) is 0.800. The van der Waals surface area contributed by atoms with Crippen molar-refractivity contribution in [2.45, 2.75) is 51.9 Å². The van der Waals surface area contributed by atoms with Crippen LogP contribution in [-0.4, -0.2) is 34.0 Å². The molecule has 1 saturated heterocycles. The van der Waals surface area contributed by atoms with Crippen molar-refractivity contribution in [1.29, 1.82) is 0 Å². The standard InChI is InChI=1S/C15H23N3O2/c1-10(2)7-14(19)18-6-5-11(9-18)8-13-16-15(20-17-13)12-3-4-12/h10-12H,3-9H2,1-2H3. The van der Waals surface area contributed by atoms with Crippen LogP contribution in [-0.2, 0) is 11.2 Å². The minimum absolute atomic E-state index is 0.286. The first-order valence-electron chi connectivity index (χ1n) is 7.72. The summed E-state index contributed by atoms with van der Waals surface area (Å²) in [7, 11) is 0. The van der Waals surface area contributed by atoms with Crippen molar-refractivity contribution >= 4 is 5.91 Å². The van der Waals surface area contributed by atoms with Crippen LogP contribution in [0.15, 0.2) is 4.52 Å². The largest absolute Gasteiger partial charge is 0.342 e. The lowest BCUT2D eigenvalue weighted by atomic mass is 10.0. The average Bonchev–Trinajstić information content (AvgIpc) is 2.96. The summed E-state index contributed by atoms with van der Waals surface area (Å²) in [4.78, 5) is 18.5. The first-order chi connectivity index (χ1) is 9.61. The maximum atomic E-state index is 12.0. The molecule has 1 aliphatic carbocycles. The Labute approximate surface area is 119 Å². The van der Waals surface area contributed by atoms with Gasteiger partial charge in [0.25, 0.3) is 0 Å². The summed E-state index contributed by atoms with van der Waals surface area (Å²) < 4.78 is 5.28. The summed E-state index contributed by atoms with van der Waals surface area (Å²) in [6.07, 6.45) is 4.91. The summed E-state index contributed by atoms with van der Waals surface area (Å²) in [5.41, 5.74) is 0. The highest BCUT2D eigenvalue weighted by atomic mass is 16.5. The van der Waals surface area contributed by atoms with E-state index < -0.39 is 0 Å². The van der Waals surface area contributed by atoms with Crippen molar-refractivity contribution in [3.63, 3.8) is 0 Å². The second-order valence-corrected chi connectivity index (χ2v) is 6.62. The molecule has 2 fully saturated rings. The molecule has 2 aliphatic rings. The molecule has 1 amide bonds. The van der Waals surface area contributed by atoms with Gasteiger partial charge >= 0.3 is 0 Å². The number of aromatic nitrogens is 2. The molecule has 20 heavy (non-hydrogen) atoms. The summed E-state index contributed by atoms with van der Waals surface area (Å²) in [5.74, 6) is 3.34. The van der Waals surface area contributed by atoms with Crippen LogP contribution in [0, 0.1) is 11.8 Å². The molecule has 0 spiro atoms. The van der Waals surface area contributed by atoms with E-state index in [-0.39, 0.29) is 5.91 Å². The third-order valence-electron chi connectivity index (χ3n) is 4.10. The van der Waals surface area contributed by atoms with Gasteiger partial charge in [-0.25, -0.2) is 0 Å². The van der Waals surface area contributed by atoms with Gasteiger partial charge in [0.15, 0.2) is 5.82 Å². The van der Waals surface area contributed by atoms with Crippen LogP contribution in [0.3, 0.4) is 0 Å². The van der Waals surface area contributed by atoms with Crippen molar-refractivity contribution in [3.8, 4) is 0 Å². The number of carbonyl (C=O) groups excluding carboxylic acids is 1. The number of carbonyl (C=O) groups is 1. The fourth-order valence-corrected chi connectivity index (χ4v) is 2.81. The summed E-state index contributed by atoms with van der Waals surface area (Å²) in [5, 5.41) is 4.07. The molecule has 1 aromatic heterocycles. The van der Waals surface area contributed by atoms with Crippen molar-refractivity contribution < 1.29 is 9.32 Å². The number of hydrogen-bond acceptors (Lipinski definition) is 4. The molecule has 1 aliphatic heterocycles. The highest BCUT2D eigenvalue weighted by Crippen LogP contribution is 2.39. The molecule has 5 heteroatoms. The Hall–Kier alpha value is -1.39. The molecule has 0 N–H and O–H groups in total. The Bertz CT molecular complexity index is 479. The Morgan fingerprint density at radius 3 is 2.90 bits per heavy atom. The Kier molecular flexibility index (Phi) is 3.76. The number of amides is 1.